The Labute approximate surface area is 206 Å². The van der Waals surface area contributed by atoms with Crippen molar-refractivity contribution in [2.24, 2.45) is 0 Å². The van der Waals surface area contributed by atoms with Gasteiger partial charge < -0.3 is 15.0 Å². The molecule has 0 aliphatic carbocycles. The summed E-state index contributed by atoms with van der Waals surface area (Å²) in [5.41, 5.74) is 1.46. The Balaban J connectivity index is 1.27. The topological polar surface area (TPSA) is 92.6 Å². The van der Waals surface area contributed by atoms with E-state index in [9.17, 15) is 9.59 Å². The Morgan fingerprint density at radius 1 is 1.14 bits per heavy atom. The van der Waals surface area contributed by atoms with Crippen molar-refractivity contribution in [3.8, 4) is 11.1 Å². The van der Waals surface area contributed by atoms with Crippen molar-refractivity contribution in [3.05, 3.63) is 60.4 Å². The van der Waals surface area contributed by atoms with Crippen LogP contribution in [-0.4, -0.2) is 59.3 Å². The first-order valence-electron chi connectivity index (χ1n) is 11.8. The van der Waals surface area contributed by atoms with Gasteiger partial charge in [0.2, 0.25) is 5.91 Å². The van der Waals surface area contributed by atoms with Crippen LogP contribution in [0.5, 0.6) is 0 Å². The number of aromatic nitrogens is 3. The minimum absolute atomic E-state index is 0.182. The van der Waals surface area contributed by atoms with E-state index in [4.69, 9.17) is 4.74 Å². The standard InChI is InChI=1S/C25H26F2N6O3/c1-16(34)28-14-20-15-32(25(35)36-20)19-3-4-21(22(26)13-19)17-2-5-24(23(27)12-17)31-9-6-18(7-10-31)33-11-8-29-30-33/h2-5,8,11-13,18,20H,6-7,9-10,14-15H2,1H3,(H,28,34)/t20-/m0/s1. The predicted molar refractivity (Wildman–Crippen MR) is 129 cm³/mol. The average molecular weight is 497 g/mol. The molecule has 1 N–H and O–H groups in total. The third-order valence-corrected chi connectivity index (χ3v) is 6.60. The molecule has 1 aromatic heterocycles. The van der Waals surface area contributed by atoms with E-state index in [-0.39, 0.29) is 30.6 Å². The molecule has 2 aromatic carbocycles. The van der Waals surface area contributed by atoms with Gasteiger partial charge in [-0.15, -0.1) is 5.10 Å². The second kappa shape index (κ2) is 9.92. The number of carbonyl (C=O) groups is 2. The monoisotopic (exact) mass is 496 g/mol. The molecule has 36 heavy (non-hydrogen) atoms. The van der Waals surface area contributed by atoms with Crippen LogP contribution in [0.15, 0.2) is 48.8 Å². The Kier molecular flexibility index (Phi) is 6.53. The molecule has 11 heteroatoms. The zero-order valence-corrected chi connectivity index (χ0v) is 19.7. The van der Waals surface area contributed by atoms with E-state index < -0.39 is 23.8 Å². The molecule has 2 amide bonds. The zero-order chi connectivity index (χ0) is 25.2. The Bertz CT molecular complexity index is 1260. The van der Waals surface area contributed by atoms with Gasteiger partial charge in [0.1, 0.15) is 17.7 Å². The fourth-order valence-electron chi connectivity index (χ4n) is 4.72. The van der Waals surface area contributed by atoms with Gasteiger partial charge in [0, 0.05) is 31.8 Å². The van der Waals surface area contributed by atoms with Gasteiger partial charge in [-0.1, -0.05) is 11.3 Å². The summed E-state index contributed by atoms with van der Waals surface area (Å²) in [5, 5.41) is 10.5. The molecule has 0 radical (unpaired) electrons. The van der Waals surface area contributed by atoms with Crippen LogP contribution in [0.3, 0.4) is 0 Å². The minimum Gasteiger partial charge on any atom is -0.442 e. The third-order valence-electron chi connectivity index (χ3n) is 6.60. The van der Waals surface area contributed by atoms with Crippen LogP contribution in [0.1, 0.15) is 25.8 Å². The van der Waals surface area contributed by atoms with Gasteiger partial charge in [-0.3, -0.25) is 9.69 Å². The second-order valence-electron chi connectivity index (χ2n) is 8.99. The molecule has 2 aliphatic rings. The average Bonchev–Trinajstić information content (AvgIpc) is 3.53. The number of hydrogen-bond acceptors (Lipinski definition) is 6. The van der Waals surface area contributed by atoms with Crippen LogP contribution in [0.4, 0.5) is 25.0 Å². The number of nitrogens with zero attached hydrogens (tertiary/aromatic N) is 5. The van der Waals surface area contributed by atoms with Gasteiger partial charge in [0.25, 0.3) is 0 Å². The summed E-state index contributed by atoms with van der Waals surface area (Å²) in [4.78, 5) is 26.6. The number of nitrogens with one attached hydrogen (secondary N) is 1. The Morgan fingerprint density at radius 2 is 1.94 bits per heavy atom. The molecule has 2 fully saturated rings. The maximum atomic E-state index is 15.1. The van der Waals surface area contributed by atoms with Crippen LogP contribution < -0.4 is 15.1 Å². The Hall–Kier alpha value is -4.02. The molecular formula is C25H26F2N6O3. The Morgan fingerprint density at radius 3 is 2.61 bits per heavy atom. The van der Waals surface area contributed by atoms with E-state index >= 15 is 8.78 Å². The molecule has 3 heterocycles. The molecule has 9 nitrogen and oxygen atoms in total. The van der Waals surface area contributed by atoms with E-state index in [1.54, 1.807) is 24.4 Å². The van der Waals surface area contributed by atoms with Crippen LogP contribution in [0.25, 0.3) is 11.1 Å². The number of ether oxygens (including phenoxy) is 1. The van der Waals surface area contributed by atoms with E-state index in [0.717, 1.165) is 12.8 Å². The minimum atomic E-state index is -0.611. The summed E-state index contributed by atoms with van der Waals surface area (Å²) in [7, 11) is 0. The first-order valence-corrected chi connectivity index (χ1v) is 11.8. The van der Waals surface area contributed by atoms with E-state index in [2.05, 4.69) is 15.6 Å². The molecular weight excluding hydrogens is 470 g/mol. The number of rotatable bonds is 6. The molecule has 1 atom stereocenters. The number of hydrogen-bond donors (Lipinski definition) is 1. The molecule has 5 rings (SSSR count). The van der Waals surface area contributed by atoms with Crippen molar-refractivity contribution >= 4 is 23.4 Å². The van der Waals surface area contributed by atoms with Gasteiger partial charge in [0.15, 0.2) is 0 Å². The quantitative estimate of drug-likeness (QED) is 0.562. The fraction of sp³-hybridized carbons (Fsp3) is 0.360. The molecule has 0 spiro atoms. The van der Waals surface area contributed by atoms with E-state index in [1.807, 2.05) is 15.8 Å². The summed E-state index contributed by atoms with van der Waals surface area (Å²) in [5.74, 6) is -1.22. The predicted octanol–water partition coefficient (Wildman–Crippen LogP) is 3.53. The second-order valence-corrected chi connectivity index (χ2v) is 8.99. The summed E-state index contributed by atoms with van der Waals surface area (Å²) in [6, 6.07) is 9.32. The van der Waals surface area contributed by atoms with Crippen LogP contribution >= 0.6 is 0 Å². The van der Waals surface area contributed by atoms with Gasteiger partial charge in [-0.2, -0.15) is 0 Å². The lowest BCUT2D eigenvalue weighted by atomic mass is 10.0. The molecule has 188 valence electrons. The molecule has 0 saturated carbocycles. The highest BCUT2D eigenvalue weighted by molar-refractivity contribution is 5.90. The number of carbonyl (C=O) groups excluding carboxylic acids is 2. The van der Waals surface area contributed by atoms with Gasteiger partial charge in [0.05, 0.1) is 36.7 Å². The first-order chi connectivity index (χ1) is 17.4. The van der Waals surface area contributed by atoms with Crippen molar-refractivity contribution in [3.63, 3.8) is 0 Å². The zero-order valence-electron chi connectivity index (χ0n) is 19.7. The largest absolute Gasteiger partial charge is 0.442 e. The van der Waals surface area contributed by atoms with Crippen LogP contribution in [0, 0.1) is 11.6 Å². The highest BCUT2D eigenvalue weighted by Gasteiger charge is 2.33. The molecule has 0 bridgehead atoms. The summed E-state index contributed by atoms with van der Waals surface area (Å²) >= 11 is 0. The normalized spacial score (nSPS) is 18.4. The molecule has 0 unspecified atom stereocenters. The van der Waals surface area contributed by atoms with Crippen LogP contribution in [0.2, 0.25) is 0 Å². The molecule has 2 saturated heterocycles. The number of anilines is 2. The number of amides is 2. The van der Waals surface area contributed by atoms with Gasteiger partial charge >= 0.3 is 6.09 Å². The number of halogens is 2. The lowest BCUT2D eigenvalue weighted by Gasteiger charge is -2.33. The van der Waals surface area contributed by atoms with Gasteiger partial charge in [-0.05, 0) is 48.7 Å². The molecule has 2 aliphatic heterocycles. The lowest BCUT2D eigenvalue weighted by Crippen LogP contribution is -2.35. The van der Waals surface area contributed by atoms with E-state index in [1.165, 1.54) is 30.0 Å². The number of cyclic esters (lactones) is 1. The lowest BCUT2D eigenvalue weighted by molar-refractivity contribution is -0.119. The van der Waals surface area contributed by atoms with Crippen LogP contribution in [-0.2, 0) is 9.53 Å². The maximum Gasteiger partial charge on any atom is 0.414 e. The van der Waals surface area contributed by atoms with Crippen molar-refractivity contribution < 1.29 is 23.1 Å². The van der Waals surface area contributed by atoms with Crippen molar-refractivity contribution in [2.75, 3.05) is 36.0 Å². The fourth-order valence-corrected chi connectivity index (χ4v) is 4.72. The summed E-state index contributed by atoms with van der Waals surface area (Å²) < 4.78 is 37.2. The number of piperidine rings is 1. The smallest absolute Gasteiger partial charge is 0.414 e. The summed E-state index contributed by atoms with van der Waals surface area (Å²) in [6.07, 6.45) is 4.01. The highest BCUT2D eigenvalue weighted by Crippen LogP contribution is 2.33. The number of benzene rings is 2. The van der Waals surface area contributed by atoms with Crippen molar-refractivity contribution in [1.29, 1.82) is 0 Å². The van der Waals surface area contributed by atoms with Crippen molar-refractivity contribution in [2.45, 2.75) is 31.9 Å². The maximum absolute atomic E-state index is 15.1. The van der Waals surface area contributed by atoms with Crippen molar-refractivity contribution in [1.82, 2.24) is 20.3 Å². The van der Waals surface area contributed by atoms with Gasteiger partial charge in [-0.25, -0.2) is 18.3 Å². The molecule has 3 aromatic rings. The third kappa shape index (κ3) is 4.86. The summed E-state index contributed by atoms with van der Waals surface area (Å²) in [6.45, 7) is 3.11. The SMILES string of the molecule is CC(=O)NC[C@H]1CN(c2ccc(-c3ccc(N4CCC(n5ccnn5)CC4)c(F)c3)c(F)c2)C(=O)O1. The highest BCUT2D eigenvalue weighted by atomic mass is 19.1. The first kappa shape index (κ1) is 23.7. The van der Waals surface area contributed by atoms with E-state index in [0.29, 0.717) is 30.0 Å².